The largest absolute Gasteiger partial charge is 0.497 e. The molecule has 0 amide bonds. The van der Waals surface area contributed by atoms with E-state index in [9.17, 15) is 0 Å². The number of aromatic amines is 1. The summed E-state index contributed by atoms with van der Waals surface area (Å²) >= 11 is 0. The molecule has 2 aromatic rings. The quantitative estimate of drug-likeness (QED) is 0.841. The summed E-state index contributed by atoms with van der Waals surface area (Å²) in [6, 6.07) is 5.68. The van der Waals surface area contributed by atoms with Gasteiger partial charge in [-0.2, -0.15) is 0 Å². The van der Waals surface area contributed by atoms with Gasteiger partial charge < -0.3 is 20.2 Å². The molecule has 0 aliphatic heterocycles. The summed E-state index contributed by atoms with van der Waals surface area (Å²) in [4.78, 5) is 7.51. The summed E-state index contributed by atoms with van der Waals surface area (Å²) < 4.78 is 10.5. The molecular weight excluding hydrogens is 230 g/mol. The lowest BCUT2D eigenvalue weighted by atomic mass is 10.1. The van der Waals surface area contributed by atoms with E-state index in [0.717, 1.165) is 35.0 Å². The Hall–Kier alpha value is -2.01. The van der Waals surface area contributed by atoms with Gasteiger partial charge in [-0.15, -0.1) is 0 Å². The Morgan fingerprint density at radius 3 is 2.78 bits per heavy atom. The number of ether oxygens (including phenoxy) is 2. The topological polar surface area (TPSA) is 73.2 Å². The molecule has 0 aliphatic carbocycles. The third kappa shape index (κ3) is 2.46. The number of hydrogen-bond acceptors (Lipinski definition) is 4. The number of imidazole rings is 1. The van der Waals surface area contributed by atoms with Crippen LogP contribution in [-0.2, 0) is 6.42 Å². The van der Waals surface area contributed by atoms with Crippen LogP contribution in [0.4, 0.5) is 0 Å². The molecule has 1 aromatic carbocycles. The molecule has 0 radical (unpaired) electrons. The molecule has 0 spiro atoms. The molecule has 3 N–H and O–H groups in total. The molecule has 1 aromatic heterocycles. The lowest BCUT2D eigenvalue weighted by Gasteiger charge is -2.08. The van der Waals surface area contributed by atoms with Crippen molar-refractivity contribution in [1.29, 1.82) is 0 Å². The highest BCUT2D eigenvalue weighted by atomic mass is 16.5. The fraction of sp³-hybridized carbons (Fsp3) is 0.308. The molecule has 96 valence electrons. The highest BCUT2D eigenvalue weighted by molar-refractivity contribution is 5.68. The minimum Gasteiger partial charge on any atom is -0.497 e. The first-order chi connectivity index (χ1) is 8.78. The van der Waals surface area contributed by atoms with Crippen molar-refractivity contribution >= 4 is 0 Å². The highest BCUT2D eigenvalue weighted by Gasteiger charge is 2.10. The van der Waals surface area contributed by atoms with Crippen molar-refractivity contribution < 1.29 is 9.47 Å². The van der Waals surface area contributed by atoms with Crippen LogP contribution in [0.15, 0.2) is 24.4 Å². The molecule has 0 saturated carbocycles. The second kappa shape index (κ2) is 5.55. The van der Waals surface area contributed by atoms with E-state index in [1.807, 2.05) is 18.2 Å². The van der Waals surface area contributed by atoms with Gasteiger partial charge in [0.25, 0.3) is 0 Å². The maximum absolute atomic E-state index is 5.50. The number of nitrogens with one attached hydrogen (secondary N) is 1. The summed E-state index contributed by atoms with van der Waals surface area (Å²) in [7, 11) is 3.26. The summed E-state index contributed by atoms with van der Waals surface area (Å²) in [6.45, 7) is 0.576. The number of aromatic nitrogens is 2. The van der Waals surface area contributed by atoms with E-state index in [1.165, 1.54) is 0 Å². The zero-order valence-corrected chi connectivity index (χ0v) is 10.6. The smallest absolute Gasteiger partial charge is 0.131 e. The summed E-state index contributed by atoms with van der Waals surface area (Å²) in [5.74, 6) is 2.39. The molecule has 2 rings (SSSR count). The minimum atomic E-state index is 0.576. The van der Waals surface area contributed by atoms with E-state index in [0.29, 0.717) is 6.54 Å². The molecule has 0 fully saturated rings. The lowest BCUT2D eigenvalue weighted by molar-refractivity contribution is 0.395. The molecule has 1 heterocycles. The number of hydrogen-bond donors (Lipinski definition) is 2. The lowest BCUT2D eigenvalue weighted by Crippen LogP contribution is -2.03. The number of H-pyrrole nitrogens is 1. The number of nitrogens with zero attached hydrogens (tertiary/aromatic N) is 1. The van der Waals surface area contributed by atoms with Crippen molar-refractivity contribution in [1.82, 2.24) is 9.97 Å². The van der Waals surface area contributed by atoms with Crippen molar-refractivity contribution in [3.8, 4) is 22.8 Å². The van der Waals surface area contributed by atoms with E-state index in [-0.39, 0.29) is 0 Å². The zero-order chi connectivity index (χ0) is 13.0. The minimum absolute atomic E-state index is 0.576. The van der Waals surface area contributed by atoms with Crippen LogP contribution in [0, 0.1) is 0 Å². The fourth-order valence-electron chi connectivity index (χ4n) is 1.78. The monoisotopic (exact) mass is 247 g/mol. The van der Waals surface area contributed by atoms with Crippen LogP contribution in [-0.4, -0.2) is 30.7 Å². The van der Waals surface area contributed by atoms with Crippen LogP contribution >= 0.6 is 0 Å². The first-order valence-corrected chi connectivity index (χ1v) is 5.75. The Kier molecular flexibility index (Phi) is 3.84. The third-order valence-corrected chi connectivity index (χ3v) is 2.71. The van der Waals surface area contributed by atoms with Crippen LogP contribution in [0.5, 0.6) is 11.5 Å². The van der Waals surface area contributed by atoms with Gasteiger partial charge in [-0.25, -0.2) is 4.98 Å². The zero-order valence-electron chi connectivity index (χ0n) is 10.6. The average molecular weight is 247 g/mol. The second-order valence-electron chi connectivity index (χ2n) is 3.85. The second-order valence-corrected chi connectivity index (χ2v) is 3.85. The van der Waals surface area contributed by atoms with Crippen LogP contribution in [0.1, 0.15) is 5.82 Å². The summed E-state index contributed by atoms with van der Waals surface area (Å²) in [5.41, 5.74) is 7.37. The Morgan fingerprint density at radius 1 is 1.28 bits per heavy atom. The third-order valence-electron chi connectivity index (χ3n) is 2.71. The highest BCUT2D eigenvalue weighted by Crippen LogP contribution is 2.32. The Morgan fingerprint density at radius 2 is 2.11 bits per heavy atom. The number of rotatable bonds is 5. The van der Waals surface area contributed by atoms with Gasteiger partial charge in [-0.3, -0.25) is 0 Å². The molecule has 0 bridgehead atoms. The first kappa shape index (κ1) is 12.4. The number of benzene rings is 1. The first-order valence-electron chi connectivity index (χ1n) is 5.75. The fourth-order valence-corrected chi connectivity index (χ4v) is 1.78. The maximum Gasteiger partial charge on any atom is 0.131 e. The van der Waals surface area contributed by atoms with E-state index >= 15 is 0 Å². The van der Waals surface area contributed by atoms with Crippen molar-refractivity contribution in [3.05, 3.63) is 30.2 Å². The van der Waals surface area contributed by atoms with E-state index in [4.69, 9.17) is 15.2 Å². The van der Waals surface area contributed by atoms with Gasteiger partial charge in [-0.1, -0.05) is 0 Å². The average Bonchev–Trinajstić information content (AvgIpc) is 2.87. The standard InChI is InChI=1S/C13H17N3O2/c1-17-9-3-4-10(12(7-9)18-2)11-8-15-13(16-11)5-6-14/h3-4,7-8H,5-6,14H2,1-2H3,(H,15,16). The predicted octanol–water partition coefficient (Wildman–Crippen LogP) is 1.60. The van der Waals surface area contributed by atoms with Crippen LogP contribution in [0.25, 0.3) is 11.3 Å². The van der Waals surface area contributed by atoms with Crippen LogP contribution < -0.4 is 15.2 Å². The molecule has 5 heteroatoms. The Labute approximate surface area is 106 Å². The Bertz CT molecular complexity index is 523. The normalized spacial score (nSPS) is 10.4. The molecule has 0 unspecified atom stereocenters. The molecule has 5 nitrogen and oxygen atoms in total. The van der Waals surface area contributed by atoms with Gasteiger partial charge in [0.2, 0.25) is 0 Å². The molecule has 0 saturated heterocycles. The molecule has 0 aliphatic rings. The summed E-state index contributed by atoms with van der Waals surface area (Å²) in [5, 5.41) is 0. The summed E-state index contributed by atoms with van der Waals surface area (Å²) in [6.07, 6.45) is 2.52. The van der Waals surface area contributed by atoms with Crippen LogP contribution in [0.2, 0.25) is 0 Å². The molecule has 18 heavy (non-hydrogen) atoms. The van der Waals surface area contributed by atoms with Gasteiger partial charge in [0, 0.05) is 18.1 Å². The molecular formula is C13H17N3O2. The SMILES string of the molecule is COc1ccc(-c2cnc(CCN)[nH]2)c(OC)c1. The Balaban J connectivity index is 2.36. The van der Waals surface area contributed by atoms with Gasteiger partial charge >= 0.3 is 0 Å². The number of methoxy groups -OCH3 is 2. The van der Waals surface area contributed by atoms with Crippen molar-refractivity contribution in [2.45, 2.75) is 6.42 Å². The van der Waals surface area contributed by atoms with Crippen molar-refractivity contribution in [3.63, 3.8) is 0 Å². The van der Waals surface area contributed by atoms with Crippen molar-refractivity contribution in [2.75, 3.05) is 20.8 Å². The molecule has 0 atom stereocenters. The number of nitrogens with two attached hydrogens (primary N) is 1. The van der Waals surface area contributed by atoms with Gasteiger partial charge in [0.15, 0.2) is 0 Å². The van der Waals surface area contributed by atoms with Crippen LogP contribution in [0.3, 0.4) is 0 Å². The van der Waals surface area contributed by atoms with E-state index in [2.05, 4.69) is 9.97 Å². The van der Waals surface area contributed by atoms with E-state index in [1.54, 1.807) is 20.4 Å². The van der Waals surface area contributed by atoms with Crippen molar-refractivity contribution in [2.24, 2.45) is 5.73 Å². The van der Waals surface area contributed by atoms with Gasteiger partial charge in [-0.05, 0) is 18.7 Å². The van der Waals surface area contributed by atoms with E-state index < -0.39 is 0 Å². The van der Waals surface area contributed by atoms with Gasteiger partial charge in [0.05, 0.1) is 26.1 Å². The predicted molar refractivity (Wildman–Crippen MR) is 69.9 cm³/mol. The van der Waals surface area contributed by atoms with Gasteiger partial charge in [0.1, 0.15) is 17.3 Å². The maximum atomic E-state index is 5.50.